The summed E-state index contributed by atoms with van der Waals surface area (Å²) in [6, 6.07) is 5.00. The summed E-state index contributed by atoms with van der Waals surface area (Å²) < 4.78 is 0. The quantitative estimate of drug-likeness (QED) is 0.821. The summed E-state index contributed by atoms with van der Waals surface area (Å²) >= 11 is 9.49. The summed E-state index contributed by atoms with van der Waals surface area (Å²) in [7, 11) is 0. The third-order valence-corrected chi connectivity index (χ3v) is 4.19. The van der Waals surface area contributed by atoms with E-state index in [2.05, 4.69) is 15.9 Å². The molecule has 20 heavy (non-hydrogen) atoms. The molecule has 1 atom stereocenters. The van der Waals surface area contributed by atoms with E-state index in [9.17, 15) is 14.7 Å². The molecule has 4 nitrogen and oxygen atoms in total. The second-order valence-corrected chi connectivity index (χ2v) is 6.07. The third kappa shape index (κ3) is 2.50. The summed E-state index contributed by atoms with van der Waals surface area (Å²) in [5, 5.41) is 11.8. The first-order valence-electron chi connectivity index (χ1n) is 6.30. The topological polar surface area (TPSA) is 57.6 Å². The monoisotopic (exact) mass is 359 g/mol. The highest BCUT2D eigenvalue weighted by atomic mass is 79.9. The van der Waals surface area contributed by atoms with Crippen molar-refractivity contribution in [2.24, 2.45) is 0 Å². The number of aliphatic hydroxyl groups is 1. The van der Waals surface area contributed by atoms with Crippen LogP contribution in [-0.4, -0.2) is 28.7 Å². The van der Waals surface area contributed by atoms with Crippen LogP contribution in [0.5, 0.6) is 0 Å². The molecular formula is C14H15BrClNO3. The number of hydrogen-bond acceptors (Lipinski definition) is 3. The minimum Gasteiger partial charge on any atom is -0.375 e. The number of amides is 1. The Morgan fingerprint density at radius 1 is 1.50 bits per heavy atom. The van der Waals surface area contributed by atoms with Crippen LogP contribution in [0.15, 0.2) is 18.2 Å². The van der Waals surface area contributed by atoms with Crippen molar-refractivity contribution in [3.05, 3.63) is 28.8 Å². The van der Waals surface area contributed by atoms with Crippen LogP contribution in [-0.2, 0) is 15.2 Å². The fourth-order valence-electron chi connectivity index (χ4n) is 2.53. The molecule has 1 aliphatic heterocycles. The van der Waals surface area contributed by atoms with Gasteiger partial charge in [-0.2, -0.15) is 0 Å². The molecule has 1 aromatic rings. The Morgan fingerprint density at radius 2 is 2.20 bits per heavy atom. The Bertz CT molecular complexity index is 563. The second-order valence-electron chi connectivity index (χ2n) is 4.87. The van der Waals surface area contributed by atoms with Gasteiger partial charge in [-0.25, -0.2) is 0 Å². The number of ketones is 1. The van der Waals surface area contributed by atoms with Crippen molar-refractivity contribution in [2.75, 3.05) is 16.8 Å². The number of nitrogens with zero attached hydrogens (tertiary/aromatic N) is 1. The lowest BCUT2D eigenvalue weighted by molar-refractivity contribution is -0.141. The smallest absolute Gasteiger partial charge is 0.264 e. The molecule has 0 radical (unpaired) electrons. The van der Waals surface area contributed by atoms with Gasteiger partial charge in [-0.1, -0.05) is 39.7 Å². The molecule has 1 aliphatic rings. The highest BCUT2D eigenvalue weighted by Gasteiger charge is 2.50. The average molecular weight is 361 g/mol. The predicted molar refractivity (Wildman–Crippen MR) is 81.4 cm³/mol. The van der Waals surface area contributed by atoms with Gasteiger partial charge in [0.25, 0.3) is 5.91 Å². The molecule has 1 amide bonds. The molecule has 1 heterocycles. The maximum Gasteiger partial charge on any atom is 0.264 e. The van der Waals surface area contributed by atoms with Crippen LogP contribution in [0.2, 0.25) is 5.02 Å². The lowest BCUT2D eigenvalue weighted by Crippen LogP contribution is -2.42. The minimum atomic E-state index is -1.79. The Hall–Kier alpha value is -0.910. The van der Waals surface area contributed by atoms with E-state index >= 15 is 0 Å². The molecule has 1 aromatic carbocycles. The minimum absolute atomic E-state index is 0.232. The van der Waals surface area contributed by atoms with E-state index in [1.54, 1.807) is 18.2 Å². The van der Waals surface area contributed by atoms with Gasteiger partial charge < -0.3 is 10.0 Å². The van der Waals surface area contributed by atoms with Gasteiger partial charge in [0.1, 0.15) is 5.78 Å². The zero-order chi connectivity index (χ0) is 14.9. The first kappa shape index (κ1) is 15.5. The molecule has 1 N–H and O–H groups in total. The maximum atomic E-state index is 12.5. The van der Waals surface area contributed by atoms with Gasteiger partial charge in [0.2, 0.25) is 0 Å². The van der Waals surface area contributed by atoms with Gasteiger partial charge in [0.05, 0.1) is 10.7 Å². The molecule has 0 bridgehead atoms. The Balaban J connectivity index is 2.52. The van der Waals surface area contributed by atoms with Crippen molar-refractivity contribution in [1.82, 2.24) is 0 Å². The molecule has 0 fully saturated rings. The molecule has 0 saturated carbocycles. The van der Waals surface area contributed by atoms with E-state index in [1.807, 2.05) is 0 Å². The largest absolute Gasteiger partial charge is 0.375 e. The van der Waals surface area contributed by atoms with Crippen molar-refractivity contribution in [2.45, 2.75) is 25.4 Å². The number of hydrogen-bond donors (Lipinski definition) is 1. The van der Waals surface area contributed by atoms with Crippen molar-refractivity contribution >= 4 is 44.9 Å². The van der Waals surface area contributed by atoms with Crippen LogP contribution in [0.25, 0.3) is 0 Å². The van der Waals surface area contributed by atoms with E-state index in [4.69, 9.17) is 11.6 Å². The first-order valence-corrected chi connectivity index (χ1v) is 7.80. The van der Waals surface area contributed by atoms with E-state index in [-0.39, 0.29) is 12.2 Å². The van der Waals surface area contributed by atoms with E-state index in [0.717, 1.165) is 11.8 Å². The van der Waals surface area contributed by atoms with Crippen molar-refractivity contribution in [1.29, 1.82) is 0 Å². The summed E-state index contributed by atoms with van der Waals surface area (Å²) in [4.78, 5) is 25.4. The Labute approximate surface area is 130 Å². The number of carbonyl (C=O) groups excluding carboxylic acids is 2. The van der Waals surface area contributed by atoms with Crippen LogP contribution in [0, 0.1) is 0 Å². The van der Waals surface area contributed by atoms with Gasteiger partial charge in [0.15, 0.2) is 5.60 Å². The number of para-hydroxylation sites is 1. The highest BCUT2D eigenvalue weighted by Crippen LogP contribution is 2.46. The van der Waals surface area contributed by atoms with Crippen molar-refractivity contribution < 1.29 is 14.7 Å². The molecule has 108 valence electrons. The fraction of sp³-hybridized carbons (Fsp3) is 0.429. The molecule has 0 aliphatic carbocycles. The van der Waals surface area contributed by atoms with Gasteiger partial charge in [-0.3, -0.25) is 9.59 Å². The Morgan fingerprint density at radius 3 is 2.80 bits per heavy atom. The van der Waals surface area contributed by atoms with Crippen LogP contribution < -0.4 is 4.90 Å². The van der Waals surface area contributed by atoms with Crippen LogP contribution in [0.3, 0.4) is 0 Å². The van der Waals surface area contributed by atoms with Crippen molar-refractivity contribution in [3.63, 3.8) is 0 Å². The van der Waals surface area contributed by atoms with Crippen molar-refractivity contribution in [3.8, 4) is 0 Å². The van der Waals surface area contributed by atoms with Crippen LogP contribution >= 0.6 is 27.5 Å². The number of fused-ring (bicyclic) bond motifs is 1. The highest BCUT2D eigenvalue weighted by molar-refractivity contribution is 9.09. The zero-order valence-electron chi connectivity index (χ0n) is 11.0. The number of halogens is 2. The Kier molecular flexibility index (Phi) is 4.52. The molecule has 2 rings (SSSR count). The predicted octanol–water partition coefficient (Wildman–Crippen LogP) is 2.64. The van der Waals surface area contributed by atoms with Gasteiger partial charge in [-0.15, -0.1) is 0 Å². The summed E-state index contributed by atoms with van der Waals surface area (Å²) in [5.74, 6) is -0.717. The second kappa shape index (κ2) is 5.84. The lowest BCUT2D eigenvalue weighted by atomic mass is 9.90. The number of carbonyl (C=O) groups is 2. The third-order valence-electron chi connectivity index (χ3n) is 3.32. The fourth-order valence-corrected chi connectivity index (χ4v) is 3.05. The van der Waals surface area contributed by atoms with Gasteiger partial charge >= 0.3 is 0 Å². The number of benzene rings is 1. The summed E-state index contributed by atoms with van der Waals surface area (Å²) in [6.45, 7) is 1.80. The van der Waals surface area contributed by atoms with Gasteiger partial charge in [0, 0.05) is 23.9 Å². The van der Waals surface area contributed by atoms with Crippen LogP contribution in [0.1, 0.15) is 25.3 Å². The van der Waals surface area contributed by atoms with Crippen LogP contribution in [0.4, 0.5) is 5.69 Å². The number of anilines is 1. The molecule has 0 saturated heterocycles. The molecule has 6 heteroatoms. The summed E-state index contributed by atoms with van der Waals surface area (Å²) in [5.41, 5.74) is -0.859. The lowest BCUT2D eigenvalue weighted by Gasteiger charge is -2.22. The number of Topliss-reactive ketones (excluding diaryl/α,β-unsaturated/α-hetero) is 1. The molecule has 0 aromatic heterocycles. The van der Waals surface area contributed by atoms with Gasteiger partial charge in [-0.05, 0) is 19.4 Å². The van der Waals surface area contributed by atoms with E-state index in [0.29, 0.717) is 22.8 Å². The normalized spacial score (nSPS) is 21.2. The summed E-state index contributed by atoms with van der Waals surface area (Å²) in [6.07, 6.45) is 0.497. The first-order chi connectivity index (χ1) is 9.41. The standard InChI is InChI=1S/C14H15BrClNO3/c1-9(18)8-14(20)10-4-2-5-11(16)12(10)17(13(14)19)7-3-6-15/h2,4-5,20H,3,6-8H2,1H3. The molecule has 0 spiro atoms. The molecular weight excluding hydrogens is 346 g/mol. The van der Waals surface area contributed by atoms with E-state index in [1.165, 1.54) is 11.8 Å². The SMILES string of the molecule is CC(=O)CC1(O)C(=O)N(CCCBr)c2c(Cl)cccc21. The number of alkyl halides is 1. The maximum absolute atomic E-state index is 12.5. The zero-order valence-corrected chi connectivity index (χ0v) is 13.4. The average Bonchev–Trinajstić information content (AvgIpc) is 2.58. The van der Waals surface area contributed by atoms with E-state index < -0.39 is 11.5 Å². The molecule has 1 unspecified atom stereocenters. The number of rotatable bonds is 5.